The maximum atomic E-state index is 13.1. The maximum absolute atomic E-state index is 13.1. The zero-order valence-electron chi connectivity index (χ0n) is 20.3. The van der Waals surface area contributed by atoms with Crippen LogP contribution in [-0.2, 0) is 14.3 Å². The summed E-state index contributed by atoms with van der Waals surface area (Å²) in [6, 6.07) is -0.152. The van der Waals surface area contributed by atoms with Crippen molar-refractivity contribution in [1.29, 1.82) is 0 Å². The molecule has 0 saturated carbocycles. The van der Waals surface area contributed by atoms with Gasteiger partial charge in [0.2, 0.25) is 0 Å². The second kappa shape index (κ2) is 12.1. The molecular formula is C24H41InN2O4. The minimum atomic E-state index is -0.767. The Kier molecular flexibility index (Phi) is 10.4. The molecule has 0 bridgehead atoms. The Labute approximate surface area is 203 Å². The number of likely N-dealkylation sites (tertiary alicyclic amines) is 1. The van der Waals surface area contributed by atoms with Gasteiger partial charge in [0.1, 0.15) is 0 Å². The van der Waals surface area contributed by atoms with Crippen molar-refractivity contribution in [2.45, 2.75) is 102 Å². The van der Waals surface area contributed by atoms with Crippen LogP contribution in [0.15, 0.2) is 16.3 Å². The summed E-state index contributed by atoms with van der Waals surface area (Å²) >= 11 is 1.00. The number of piperidine rings is 1. The first-order valence-corrected chi connectivity index (χ1v) is 14.2. The van der Waals surface area contributed by atoms with Crippen LogP contribution in [0.2, 0.25) is 4.18 Å². The van der Waals surface area contributed by atoms with Gasteiger partial charge >= 0.3 is 204 Å². The summed E-state index contributed by atoms with van der Waals surface area (Å²) in [4.78, 5) is 20.3. The number of hydrogen-bond donors (Lipinski definition) is 1. The van der Waals surface area contributed by atoms with Gasteiger partial charge in [-0.3, -0.25) is 0 Å². The predicted molar refractivity (Wildman–Crippen MR) is 126 cm³/mol. The van der Waals surface area contributed by atoms with E-state index in [1.54, 1.807) is 0 Å². The number of aliphatic hydroxyl groups excluding tert-OH is 1. The Morgan fingerprint density at radius 1 is 1.32 bits per heavy atom. The van der Waals surface area contributed by atoms with Gasteiger partial charge in [0.25, 0.3) is 0 Å². The number of aliphatic hydroxyl groups is 1. The zero-order chi connectivity index (χ0) is 23.2. The molecule has 2 radical (unpaired) electrons. The summed E-state index contributed by atoms with van der Waals surface area (Å²) in [7, 11) is 0. The van der Waals surface area contributed by atoms with Gasteiger partial charge in [0.05, 0.1) is 0 Å². The topological polar surface area (TPSA) is 71.4 Å². The fourth-order valence-electron chi connectivity index (χ4n) is 4.19. The number of rotatable bonds is 10. The molecular weight excluding hydrogens is 495 g/mol. The molecule has 2 rings (SSSR count). The van der Waals surface area contributed by atoms with Crippen LogP contribution in [-0.4, -0.2) is 90.1 Å². The molecule has 0 amide bonds. The summed E-state index contributed by atoms with van der Waals surface area (Å²) in [5, 5.41) is 10.6. The SMILES string of the molecule is CCCCO[C@H](C(=O)OC(C)C)C1=C(N2CCC(C)(C)CC2)CC([C@H](O)[CH2][In])N=C1C. The number of ether oxygens (including phenoxy) is 2. The van der Waals surface area contributed by atoms with Crippen LogP contribution in [0.4, 0.5) is 0 Å². The first-order chi connectivity index (χ1) is 14.6. The van der Waals surface area contributed by atoms with E-state index in [4.69, 9.17) is 14.5 Å². The molecule has 0 aromatic rings. The normalized spacial score (nSPS) is 23.5. The average molecular weight is 536 g/mol. The van der Waals surface area contributed by atoms with Crippen LogP contribution in [0.3, 0.4) is 0 Å². The number of esters is 1. The van der Waals surface area contributed by atoms with Crippen molar-refractivity contribution in [3.8, 4) is 0 Å². The van der Waals surface area contributed by atoms with E-state index in [1.807, 2.05) is 20.8 Å². The van der Waals surface area contributed by atoms with Crippen LogP contribution >= 0.6 is 0 Å². The molecule has 2 aliphatic rings. The third-order valence-corrected chi connectivity index (χ3v) is 7.64. The zero-order valence-corrected chi connectivity index (χ0v) is 23.6. The second-order valence-electron chi connectivity index (χ2n) is 9.89. The number of nitrogens with zero attached hydrogens (tertiary/aromatic N) is 2. The van der Waals surface area contributed by atoms with Crippen LogP contribution in [0.25, 0.3) is 0 Å². The van der Waals surface area contributed by atoms with Crippen molar-refractivity contribution in [2.24, 2.45) is 10.4 Å². The number of hydrogen-bond acceptors (Lipinski definition) is 6. The first kappa shape index (κ1) is 26.7. The van der Waals surface area contributed by atoms with Crippen molar-refractivity contribution in [3.63, 3.8) is 0 Å². The third kappa shape index (κ3) is 7.50. The van der Waals surface area contributed by atoms with Crippen LogP contribution in [0.1, 0.15) is 73.6 Å². The van der Waals surface area contributed by atoms with Crippen LogP contribution in [0, 0.1) is 5.41 Å². The first-order valence-electron chi connectivity index (χ1n) is 11.8. The molecule has 0 spiro atoms. The van der Waals surface area contributed by atoms with Gasteiger partial charge in [-0.05, 0) is 0 Å². The number of carbonyl (C=O) groups is 1. The van der Waals surface area contributed by atoms with E-state index in [2.05, 4.69) is 25.7 Å². The van der Waals surface area contributed by atoms with Crippen LogP contribution < -0.4 is 0 Å². The van der Waals surface area contributed by atoms with E-state index < -0.39 is 12.2 Å². The van der Waals surface area contributed by atoms with Crippen LogP contribution in [0.5, 0.6) is 0 Å². The standard InChI is InChI=1S/C24H41N2O4.In/c1-8-9-14-29-22(23(28)30-16(2)3)21-17(4)25-19(18(5)27)15-20(21)26-12-10-24(6,7)11-13-26;/h16,18-19,22,27H,5,8-15H2,1-4,6-7H3;/t18-,19?,22+;/m1./s1. The van der Waals surface area contributed by atoms with Gasteiger partial charge in [-0.25, -0.2) is 0 Å². The Hall–Kier alpha value is -0.530. The summed E-state index contributed by atoms with van der Waals surface area (Å²) < 4.78 is 12.5. The Balaban J connectivity index is 2.45. The van der Waals surface area contributed by atoms with E-state index in [0.717, 1.165) is 84.3 Å². The molecule has 1 N–H and O–H groups in total. The van der Waals surface area contributed by atoms with Gasteiger partial charge in [-0.1, -0.05) is 0 Å². The molecule has 1 unspecified atom stereocenters. The van der Waals surface area contributed by atoms with Gasteiger partial charge in [-0.2, -0.15) is 0 Å². The van der Waals surface area contributed by atoms with E-state index in [-0.39, 0.29) is 18.1 Å². The summed E-state index contributed by atoms with van der Waals surface area (Å²) in [6.07, 6.45) is 3.34. The Morgan fingerprint density at radius 3 is 2.52 bits per heavy atom. The molecule has 3 atom stereocenters. The fourth-order valence-corrected chi connectivity index (χ4v) is 5.09. The molecule has 2 heterocycles. The van der Waals surface area contributed by atoms with E-state index in [0.29, 0.717) is 18.4 Å². The molecule has 0 aromatic heterocycles. The monoisotopic (exact) mass is 536 g/mol. The second-order valence-corrected chi connectivity index (χ2v) is 11.2. The Morgan fingerprint density at radius 2 is 1.97 bits per heavy atom. The van der Waals surface area contributed by atoms with Gasteiger partial charge < -0.3 is 0 Å². The summed E-state index contributed by atoms with van der Waals surface area (Å²) in [5.74, 6) is -0.341. The van der Waals surface area contributed by atoms with Crippen molar-refractivity contribution >= 4 is 36.1 Å². The quantitative estimate of drug-likeness (QED) is 0.341. The van der Waals surface area contributed by atoms with Crippen molar-refractivity contribution in [2.75, 3.05) is 19.7 Å². The molecule has 1 saturated heterocycles. The predicted octanol–water partition coefficient (Wildman–Crippen LogP) is 3.68. The van der Waals surface area contributed by atoms with Gasteiger partial charge in [-0.15, -0.1) is 0 Å². The number of dihydropyridines is 1. The van der Waals surface area contributed by atoms with E-state index in [9.17, 15) is 9.90 Å². The molecule has 31 heavy (non-hydrogen) atoms. The summed E-state index contributed by atoms with van der Waals surface area (Å²) in [5.41, 5.74) is 3.10. The molecule has 6 nitrogen and oxygen atoms in total. The van der Waals surface area contributed by atoms with E-state index in [1.165, 1.54) is 0 Å². The fraction of sp³-hybridized carbons (Fsp3) is 0.833. The molecule has 174 valence electrons. The van der Waals surface area contributed by atoms with Crippen molar-refractivity contribution in [1.82, 2.24) is 4.90 Å². The summed E-state index contributed by atoms with van der Waals surface area (Å²) in [6.45, 7) is 14.8. The molecule has 0 aromatic carbocycles. The molecule has 0 aliphatic carbocycles. The molecule has 2 aliphatic heterocycles. The molecule has 7 heteroatoms. The van der Waals surface area contributed by atoms with Crippen molar-refractivity contribution in [3.05, 3.63) is 11.3 Å². The minimum absolute atomic E-state index is 0.152. The van der Waals surface area contributed by atoms with Gasteiger partial charge in [0.15, 0.2) is 0 Å². The molecule has 1 fully saturated rings. The number of unbranched alkanes of at least 4 members (excludes halogenated alkanes) is 1. The number of aliphatic imine (C=N–C) groups is 1. The third-order valence-electron chi connectivity index (χ3n) is 6.26. The van der Waals surface area contributed by atoms with E-state index >= 15 is 0 Å². The Bertz CT molecular complexity index is 664. The number of carbonyl (C=O) groups excluding carboxylic acids is 1. The van der Waals surface area contributed by atoms with Crippen molar-refractivity contribution < 1.29 is 19.4 Å². The average Bonchev–Trinajstić information content (AvgIpc) is 2.70. The van der Waals surface area contributed by atoms with Gasteiger partial charge in [0, 0.05) is 0 Å².